The number of rotatable bonds is 35. The summed E-state index contributed by atoms with van der Waals surface area (Å²) in [6.07, 6.45) is 1.31. The minimum atomic E-state index is 0. The highest BCUT2D eigenvalue weighted by atomic mass is 35.5. The average molecular weight is 791 g/mol. The molecule has 0 aliphatic heterocycles. The number of halogens is 1. The van der Waals surface area contributed by atoms with Gasteiger partial charge >= 0.3 is 0 Å². The summed E-state index contributed by atoms with van der Waals surface area (Å²) >= 11 is 0. The maximum Gasteiger partial charge on any atom is 0.129 e. The summed E-state index contributed by atoms with van der Waals surface area (Å²) in [4.78, 5) is 5.50. The molecule has 0 amide bonds. The number of ether oxygens (including phenoxy) is 10. The first-order chi connectivity index (χ1) is 22.3. The fraction of sp³-hybridized carbons (Fsp3) is 1.00. The van der Waals surface area contributed by atoms with Gasteiger partial charge in [0.05, 0.1) is 202 Å². The second kappa shape index (κ2) is 46.9. The first-order valence-electron chi connectivity index (χ1n) is 17.0. The summed E-state index contributed by atoms with van der Waals surface area (Å²) in [6, 6.07) is 0. The molecule has 0 spiro atoms. The van der Waals surface area contributed by atoms with Crippen LogP contribution in [0.1, 0.15) is 36.1 Å². The minimum Gasteiger partial charge on any atom is -1.00 e. The van der Waals surface area contributed by atoms with Crippen molar-refractivity contribution < 1.29 is 78.2 Å². The van der Waals surface area contributed by atoms with Crippen LogP contribution in [0.3, 0.4) is 0 Å². The zero-order chi connectivity index (χ0) is 35.5. The van der Waals surface area contributed by atoms with Crippen molar-refractivity contribution >= 4 is 0 Å². The smallest absolute Gasteiger partial charge is 0.129 e. The molecule has 0 aliphatic carbocycles. The Morgan fingerprint density at radius 1 is 0.308 bits per heavy atom. The molecule has 0 fully saturated rings. The number of methoxy groups -OCH3 is 1. The van der Waals surface area contributed by atoms with Crippen LogP contribution in [0.15, 0.2) is 0 Å². The van der Waals surface area contributed by atoms with Gasteiger partial charge in [0, 0.05) is 13.5 Å². The van der Waals surface area contributed by atoms with Gasteiger partial charge in [-0.05, 0) is 0 Å². The van der Waals surface area contributed by atoms with Crippen molar-refractivity contribution in [3.05, 3.63) is 0 Å². The zero-order valence-corrected chi connectivity index (χ0v) is 33.2. The summed E-state index contributed by atoms with van der Waals surface area (Å²) in [5.41, 5.74) is 0. The van der Waals surface area contributed by atoms with Crippen LogP contribution in [-0.4, -0.2) is 229 Å². The van der Waals surface area contributed by atoms with E-state index in [2.05, 4.69) is 42.3 Å². The lowest BCUT2D eigenvalue weighted by molar-refractivity contribution is -1.06. The predicted molar refractivity (Wildman–Crippen MR) is 211 cm³/mol. The highest BCUT2D eigenvalue weighted by Crippen LogP contribution is 1.98. The van der Waals surface area contributed by atoms with Gasteiger partial charge in [-0.3, -0.25) is 0 Å². The van der Waals surface area contributed by atoms with Gasteiger partial charge in [-0.1, -0.05) is 29.7 Å². The molecule has 0 bridgehead atoms. The third-order valence-electron chi connectivity index (χ3n) is 5.77. The molecule has 52 heavy (non-hydrogen) atoms. The number of hydroxylamine groups is 3. The van der Waals surface area contributed by atoms with E-state index >= 15 is 0 Å². The topological polar surface area (TPSA) is 102 Å². The Labute approximate surface area is 329 Å². The summed E-state index contributed by atoms with van der Waals surface area (Å²) in [6.45, 7) is 13.4. The molecule has 0 aromatic heterocycles. The molecular weight excluding hydrogens is 698 g/mol. The summed E-state index contributed by atoms with van der Waals surface area (Å²) in [5.74, 6) is 0. The Morgan fingerprint density at radius 3 is 0.673 bits per heavy atom. The van der Waals surface area contributed by atoms with Gasteiger partial charge < -0.3 is 68.7 Å². The molecule has 0 saturated heterocycles. The molecule has 0 aliphatic rings. The van der Waals surface area contributed by atoms with Gasteiger partial charge in [-0.25, -0.2) is 4.84 Å². The van der Waals surface area contributed by atoms with Gasteiger partial charge in [-0.2, -0.15) is 4.65 Å². The molecule has 0 heterocycles. The van der Waals surface area contributed by atoms with Crippen LogP contribution in [0.2, 0.25) is 0 Å². The maximum absolute atomic E-state index is 5.50. The van der Waals surface area contributed by atoms with Crippen LogP contribution in [0.5, 0.6) is 0 Å². The number of hydrogen-bond acceptors (Lipinski definition) is 11. The Kier molecular flexibility index (Phi) is 60.0. The lowest BCUT2D eigenvalue weighted by atomic mass is 10.3. The predicted octanol–water partition coefficient (Wildman–Crippen LogP) is 0.757. The zero-order valence-electron chi connectivity index (χ0n) is 32.5. The number of nitrogens with zero attached hydrogens (tertiary/aromatic N) is 3. The highest BCUT2D eigenvalue weighted by Gasteiger charge is 2.11. The fourth-order valence-corrected chi connectivity index (χ4v) is 3.39. The van der Waals surface area contributed by atoms with E-state index in [0.717, 1.165) is 8.97 Å². The first-order valence-corrected chi connectivity index (χ1v) is 17.0. The van der Waals surface area contributed by atoms with E-state index in [4.69, 9.17) is 52.2 Å². The summed E-state index contributed by atoms with van der Waals surface area (Å²) in [5, 5.41) is 0. The van der Waals surface area contributed by atoms with Crippen molar-refractivity contribution in [3.63, 3.8) is 0 Å². The molecular formula is C37H92ClN3O11+2. The molecule has 0 rings (SSSR count). The van der Waals surface area contributed by atoms with E-state index in [9.17, 15) is 0 Å². The van der Waals surface area contributed by atoms with Crippen LogP contribution >= 0.6 is 0 Å². The van der Waals surface area contributed by atoms with Gasteiger partial charge in [0.2, 0.25) is 0 Å². The van der Waals surface area contributed by atoms with Gasteiger partial charge in [-0.15, -0.1) is 0 Å². The van der Waals surface area contributed by atoms with Crippen molar-refractivity contribution in [1.82, 2.24) is 0 Å². The van der Waals surface area contributed by atoms with Crippen LogP contribution in [0.4, 0.5) is 0 Å². The Balaban J connectivity index is -0.000000219. The van der Waals surface area contributed by atoms with E-state index in [1.54, 1.807) is 7.11 Å². The van der Waals surface area contributed by atoms with Crippen molar-refractivity contribution in [1.29, 1.82) is 0 Å². The van der Waals surface area contributed by atoms with Crippen LogP contribution in [-0.2, 0) is 52.2 Å². The molecule has 0 unspecified atom stereocenters. The monoisotopic (exact) mass is 790 g/mol. The van der Waals surface area contributed by atoms with Gasteiger partial charge in [0.15, 0.2) is 0 Å². The Morgan fingerprint density at radius 2 is 0.500 bits per heavy atom. The van der Waals surface area contributed by atoms with Gasteiger partial charge in [0.1, 0.15) is 6.61 Å². The minimum absolute atomic E-state index is 0. The van der Waals surface area contributed by atoms with E-state index < -0.39 is 0 Å². The first kappa shape index (κ1) is 66.5. The standard InChI is InChI=1S/C24H52NO11.C9H24N2.4CH4.ClH/c1-25(2,3)36-24-23-35-22-21-34-20-19-33-18-17-32-16-15-31-14-13-30-12-11-29-10-9-28-8-7-27-6-5-26-4;1-10(2,3)8-7-9-11(4,5)6;;;;;/h5-24H2,1-4H3;7-9H2,1-6H3;4*1H4;1H/q+1;+2;;;;;/p-1. The van der Waals surface area contributed by atoms with Crippen molar-refractivity contribution in [2.24, 2.45) is 0 Å². The second-order valence-corrected chi connectivity index (χ2v) is 13.6. The normalized spacial score (nSPS) is 11.2. The Bertz CT molecular complexity index is 611. The Hall–Kier alpha value is -0.270. The van der Waals surface area contributed by atoms with Gasteiger partial charge in [0.25, 0.3) is 0 Å². The van der Waals surface area contributed by atoms with Crippen LogP contribution < -0.4 is 12.4 Å². The highest BCUT2D eigenvalue weighted by molar-refractivity contribution is 4.38. The molecule has 0 aromatic carbocycles. The lowest BCUT2D eigenvalue weighted by Gasteiger charge is -2.28. The molecule has 0 saturated carbocycles. The summed E-state index contributed by atoms with van der Waals surface area (Å²) < 4.78 is 56.3. The quantitative estimate of drug-likeness (QED) is 0.0517. The van der Waals surface area contributed by atoms with Crippen molar-refractivity contribution in [3.8, 4) is 0 Å². The molecule has 0 radical (unpaired) electrons. The molecule has 0 atom stereocenters. The molecule has 0 aromatic rings. The lowest BCUT2D eigenvalue weighted by Crippen LogP contribution is -3.00. The number of quaternary nitrogens is 3. The molecule has 326 valence electrons. The maximum atomic E-state index is 5.50. The molecule has 14 nitrogen and oxygen atoms in total. The second-order valence-electron chi connectivity index (χ2n) is 13.6. The van der Waals surface area contributed by atoms with Crippen LogP contribution in [0, 0.1) is 0 Å². The largest absolute Gasteiger partial charge is 1.00 e. The molecule has 0 N–H and O–H groups in total. The summed E-state index contributed by atoms with van der Waals surface area (Å²) in [7, 11) is 21.0. The third-order valence-corrected chi connectivity index (χ3v) is 5.77. The average Bonchev–Trinajstić information content (AvgIpc) is 2.96. The van der Waals surface area contributed by atoms with Crippen molar-refractivity contribution in [2.45, 2.75) is 36.1 Å². The van der Waals surface area contributed by atoms with Crippen molar-refractivity contribution in [2.75, 3.05) is 216 Å². The fourth-order valence-electron chi connectivity index (χ4n) is 3.39. The number of hydrogen-bond donors (Lipinski definition) is 0. The van der Waals surface area contributed by atoms with E-state index in [-0.39, 0.29) is 42.1 Å². The molecule has 15 heteroatoms. The van der Waals surface area contributed by atoms with E-state index in [1.165, 1.54) is 19.5 Å². The SMILES string of the molecule is C.C.C.C.COCCOCCOCCOCCOCCOCCOCCOCCOCCOCCO[N+](C)(C)C.C[N+](C)(C)CCC[N+](C)(C)C.[Cl-]. The third kappa shape index (κ3) is 71.2. The van der Waals surface area contributed by atoms with E-state index in [0.29, 0.717) is 137 Å². The van der Waals surface area contributed by atoms with E-state index in [1.807, 2.05) is 21.1 Å². The van der Waals surface area contributed by atoms with Crippen LogP contribution in [0.25, 0.3) is 0 Å².